The van der Waals surface area contributed by atoms with Gasteiger partial charge in [0.15, 0.2) is 0 Å². The third kappa shape index (κ3) is 2.70. The molecular weight excluding hydrogens is 264 g/mol. The number of sulfonamides is 1. The number of piperidine rings is 1. The molecule has 0 amide bonds. The summed E-state index contributed by atoms with van der Waals surface area (Å²) in [5, 5.41) is 0. The van der Waals surface area contributed by atoms with Crippen LogP contribution in [0.1, 0.15) is 18.6 Å². The maximum Gasteiger partial charge on any atom is 0.211 e. The Morgan fingerprint density at radius 3 is 2.95 bits per heavy atom. The fourth-order valence-electron chi connectivity index (χ4n) is 3.30. The van der Waals surface area contributed by atoms with Gasteiger partial charge in [0.25, 0.3) is 0 Å². The predicted molar refractivity (Wildman–Crippen MR) is 72.0 cm³/mol. The minimum Gasteiger partial charge on any atom is -0.468 e. The summed E-state index contributed by atoms with van der Waals surface area (Å²) in [5.74, 6) is 1.43. The van der Waals surface area contributed by atoms with E-state index < -0.39 is 10.0 Å². The van der Waals surface area contributed by atoms with Crippen LogP contribution >= 0.6 is 0 Å². The normalized spacial score (nSPS) is 29.5. The van der Waals surface area contributed by atoms with Gasteiger partial charge >= 0.3 is 0 Å². The molecular formula is C13H20N2O3S. The van der Waals surface area contributed by atoms with Crippen LogP contribution in [0.5, 0.6) is 0 Å². The number of hydrogen-bond donors (Lipinski definition) is 0. The molecule has 0 aromatic carbocycles. The van der Waals surface area contributed by atoms with Crippen molar-refractivity contribution in [3.8, 4) is 0 Å². The lowest BCUT2D eigenvalue weighted by Gasteiger charge is -2.36. The van der Waals surface area contributed by atoms with Crippen molar-refractivity contribution in [2.24, 2.45) is 5.92 Å². The van der Waals surface area contributed by atoms with Gasteiger partial charge in [0.05, 0.1) is 19.1 Å². The molecule has 2 saturated heterocycles. The minimum atomic E-state index is -3.06. The van der Waals surface area contributed by atoms with Gasteiger partial charge in [-0.15, -0.1) is 0 Å². The molecule has 0 unspecified atom stereocenters. The Hall–Kier alpha value is -0.850. The molecule has 6 heteroatoms. The molecule has 0 N–H and O–H groups in total. The standard InChI is InChI=1S/C13H20N2O3S/c1-19(16,17)15-8-11-4-2-6-14(13(11)10-15)9-12-5-3-7-18-12/h3,5,7,11,13H,2,4,6,8-10H2,1H3/t11-,13+/m1/s1. The van der Waals surface area contributed by atoms with Crippen molar-refractivity contribution in [3.05, 3.63) is 24.2 Å². The molecule has 2 atom stereocenters. The van der Waals surface area contributed by atoms with Gasteiger partial charge in [-0.3, -0.25) is 4.90 Å². The van der Waals surface area contributed by atoms with Gasteiger partial charge in [-0.25, -0.2) is 12.7 Å². The molecule has 2 fully saturated rings. The summed E-state index contributed by atoms with van der Waals surface area (Å²) in [6, 6.07) is 4.22. The Morgan fingerprint density at radius 2 is 2.26 bits per heavy atom. The second-order valence-electron chi connectivity index (χ2n) is 5.60. The monoisotopic (exact) mass is 284 g/mol. The Balaban J connectivity index is 1.73. The van der Waals surface area contributed by atoms with E-state index in [0.717, 1.165) is 31.7 Å². The highest BCUT2D eigenvalue weighted by Crippen LogP contribution is 2.32. The van der Waals surface area contributed by atoms with Crippen molar-refractivity contribution in [3.63, 3.8) is 0 Å². The summed E-state index contributed by atoms with van der Waals surface area (Å²) in [6.07, 6.45) is 5.26. The molecule has 0 spiro atoms. The summed E-state index contributed by atoms with van der Waals surface area (Å²) >= 11 is 0. The van der Waals surface area contributed by atoms with Crippen LogP contribution in [0.15, 0.2) is 22.8 Å². The zero-order valence-corrected chi connectivity index (χ0v) is 12.0. The first-order chi connectivity index (χ1) is 9.04. The van der Waals surface area contributed by atoms with E-state index in [0.29, 0.717) is 25.0 Å². The first-order valence-electron chi connectivity index (χ1n) is 6.75. The van der Waals surface area contributed by atoms with Crippen LogP contribution in [-0.2, 0) is 16.6 Å². The SMILES string of the molecule is CS(=O)(=O)N1C[C@H]2CCCN(Cc3ccco3)[C@H]2C1. The number of hydrogen-bond acceptors (Lipinski definition) is 4. The molecule has 5 nitrogen and oxygen atoms in total. The fraction of sp³-hybridized carbons (Fsp3) is 0.692. The third-order valence-corrected chi connectivity index (χ3v) is 5.51. The van der Waals surface area contributed by atoms with Crippen LogP contribution in [0.25, 0.3) is 0 Å². The molecule has 106 valence electrons. The zero-order chi connectivity index (χ0) is 13.5. The zero-order valence-electron chi connectivity index (χ0n) is 11.2. The van der Waals surface area contributed by atoms with Crippen molar-refractivity contribution in [2.45, 2.75) is 25.4 Å². The first kappa shape index (κ1) is 13.1. The molecule has 0 radical (unpaired) electrons. The smallest absolute Gasteiger partial charge is 0.211 e. The van der Waals surface area contributed by atoms with E-state index in [1.165, 1.54) is 6.26 Å². The van der Waals surface area contributed by atoms with Gasteiger partial charge in [0, 0.05) is 19.1 Å². The van der Waals surface area contributed by atoms with Crippen LogP contribution in [0.3, 0.4) is 0 Å². The Morgan fingerprint density at radius 1 is 1.42 bits per heavy atom. The largest absolute Gasteiger partial charge is 0.468 e. The van der Waals surface area contributed by atoms with E-state index in [2.05, 4.69) is 4.90 Å². The first-order valence-corrected chi connectivity index (χ1v) is 8.60. The molecule has 0 bridgehead atoms. The van der Waals surface area contributed by atoms with E-state index in [1.807, 2.05) is 12.1 Å². The van der Waals surface area contributed by atoms with Gasteiger partial charge in [-0.1, -0.05) is 0 Å². The molecule has 19 heavy (non-hydrogen) atoms. The molecule has 1 aromatic heterocycles. The number of nitrogens with zero attached hydrogens (tertiary/aromatic N) is 2. The average molecular weight is 284 g/mol. The average Bonchev–Trinajstić information content (AvgIpc) is 2.96. The quantitative estimate of drug-likeness (QED) is 0.835. The molecule has 0 saturated carbocycles. The van der Waals surface area contributed by atoms with Gasteiger partial charge < -0.3 is 4.42 Å². The van der Waals surface area contributed by atoms with Crippen LogP contribution in [0, 0.1) is 5.92 Å². The highest BCUT2D eigenvalue weighted by molar-refractivity contribution is 7.88. The Kier molecular flexibility index (Phi) is 3.41. The summed E-state index contributed by atoms with van der Waals surface area (Å²) < 4.78 is 30.4. The number of furan rings is 1. The highest BCUT2D eigenvalue weighted by atomic mass is 32.2. The molecule has 1 aromatic rings. The van der Waals surface area contributed by atoms with Crippen molar-refractivity contribution in [1.82, 2.24) is 9.21 Å². The van der Waals surface area contributed by atoms with Gasteiger partial charge in [0.2, 0.25) is 10.0 Å². The van der Waals surface area contributed by atoms with Crippen molar-refractivity contribution < 1.29 is 12.8 Å². The number of rotatable bonds is 3. The topological polar surface area (TPSA) is 53.8 Å². The lowest BCUT2D eigenvalue weighted by Crippen LogP contribution is -2.44. The fourth-order valence-corrected chi connectivity index (χ4v) is 4.19. The van der Waals surface area contributed by atoms with Crippen molar-refractivity contribution >= 4 is 10.0 Å². The van der Waals surface area contributed by atoms with E-state index in [4.69, 9.17) is 4.42 Å². The molecule has 2 aliphatic heterocycles. The third-order valence-electron chi connectivity index (χ3n) is 4.27. The van der Waals surface area contributed by atoms with Gasteiger partial charge in [0.1, 0.15) is 5.76 Å². The maximum atomic E-state index is 11.7. The lowest BCUT2D eigenvalue weighted by molar-refractivity contribution is 0.108. The van der Waals surface area contributed by atoms with Crippen LogP contribution in [-0.4, -0.2) is 49.6 Å². The lowest BCUT2D eigenvalue weighted by atomic mass is 9.92. The van der Waals surface area contributed by atoms with Crippen molar-refractivity contribution in [1.29, 1.82) is 0 Å². The predicted octanol–water partition coefficient (Wildman–Crippen LogP) is 1.14. The number of fused-ring (bicyclic) bond motifs is 1. The summed E-state index contributed by atoms with van der Waals surface area (Å²) in [4.78, 5) is 2.37. The molecule has 0 aliphatic carbocycles. The van der Waals surface area contributed by atoms with Crippen LogP contribution < -0.4 is 0 Å². The van der Waals surface area contributed by atoms with E-state index in [-0.39, 0.29) is 0 Å². The van der Waals surface area contributed by atoms with Crippen LogP contribution in [0.2, 0.25) is 0 Å². The summed E-state index contributed by atoms with van der Waals surface area (Å²) in [7, 11) is -3.06. The summed E-state index contributed by atoms with van der Waals surface area (Å²) in [6.45, 7) is 3.12. The van der Waals surface area contributed by atoms with Crippen molar-refractivity contribution in [2.75, 3.05) is 25.9 Å². The molecule has 3 rings (SSSR count). The van der Waals surface area contributed by atoms with E-state index in [1.54, 1.807) is 10.6 Å². The van der Waals surface area contributed by atoms with E-state index >= 15 is 0 Å². The molecule has 2 aliphatic rings. The van der Waals surface area contributed by atoms with Gasteiger partial charge in [-0.2, -0.15) is 0 Å². The van der Waals surface area contributed by atoms with E-state index in [9.17, 15) is 8.42 Å². The van der Waals surface area contributed by atoms with Gasteiger partial charge in [-0.05, 0) is 37.4 Å². The number of likely N-dealkylation sites (tertiary alicyclic amines) is 1. The molecule has 3 heterocycles. The van der Waals surface area contributed by atoms with Crippen LogP contribution in [0.4, 0.5) is 0 Å². The highest BCUT2D eigenvalue weighted by Gasteiger charge is 2.41. The Bertz CT molecular complexity index is 526. The Labute approximate surface area is 114 Å². The summed E-state index contributed by atoms with van der Waals surface area (Å²) in [5.41, 5.74) is 0. The second kappa shape index (κ2) is 4.92. The minimum absolute atomic E-state index is 0.341. The second-order valence-corrected chi connectivity index (χ2v) is 7.58. The maximum absolute atomic E-state index is 11.7.